The van der Waals surface area contributed by atoms with Crippen molar-refractivity contribution in [2.75, 3.05) is 13.7 Å². The summed E-state index contributed by atoms with van der Waals surface area (Å²) in [5.41, 5.74) is 4.54. The van der Waals surface area contributed by atoms with Gasteiger partial charge in [-0.25, -0.2) is 9.78 Å². The molecule has 0 aliphatic carbocycles. The summed E-state index contributed by atoms with van der Waals surface area (Å²) >= 11 is 0. The van der Waals surface area contributed by atoms with E-state index in [4.69, 9.17) is 5.73 Å². The molecule has 1 aromatic rings. The molecule has 3 N–H and O–H groups in total. The molecule has 100 valence electrons. The standard InChI is InChI=1S/C11H18N4O3/c1-11(2,10(17)18-3)14-9(16)8-6-15(5-4-12)7-13-8/h6-7H,4-5,12H2,1-3H3,(H,14,16). The van der Waals surface area contributed by atoms with E-state index in [1.54, 1.807) is 24.6 Å². The van der Waals surface area contributed by atoms with Gasteiger partial charge in [0, 0.05) is 19.3 Å². The molecule has 0 saturated heterocycles. The van der Waals surface area contributed by atoms with Gasteiger partial charge in [-0.15, -0.1) is 0 Å². The Hall–Kier alpha value is -1.89. The first kappa shape index (κ1) is 14.2. The number of hydrogen-bond donors (Lipinski definition) is 2. The molecule has 0 aromatic carbocycles. The van der Waals surface area contributed by atoms with E-state index < -0.39 is 17.4 Å². The summed E-state index contributed by atoms with van der Waals surface area (Å²) in [5, 5.41) is 2.56. The fourth-order valence-corrected chi connectivity index (χ4v) is 1.40. The van der Waals surface area contributed by atoms with E-state index in [0.29, 0.717) is 13.1 Å². The zero-order valence-electron chi connectivity index (χ0n) is 10.8. The van der Waals surface area contributed by atoms with Crippen LogP contribution < -0.4 is 11.1 Å². The fraction of sp³-hybridized carbons (Fsp3) is 0.545. The van der Waals surface area contributed by atoms with Crippen molar-refractivity contribution in [3.63, 3.8) is 0 Å². The summed E-state index contributed by atoms with van der Waals surface area (Å²) in [5.74, 6) is -0.946. The minimum absolute atomic E-state index is 0.237. The van der Waals surface area contributed by atoms with E-state index >= 15 is 0 Å². The predicted octanol–water partition coefficient (Wildman–Crippen LogP) is -0.477. The highest BCUT2D eigenvalue weighted by Crippen LogP contribution is 2.06. The van der Waals surface area contributed by atoms with Crippen LogP contribution in [-0.2, 0) is 16.1 Å². The summed E-state index contributed by atoms with van der Waals surface area (Å²) in [7, 11) is 1.27. The Labute approximate surface area is 105 Å². The quantitative estimate of drug-likeness (QED) is 0.692. The van der Waals surface area contributed by atoms with Crippen LogP contribution >= 0.6 is 0 Å². The number of nitrogens with two attached hydrogens (primary N) is 1. The van der Waals surface area contributed by atoms with Crippen molar-refractivity contribution in [3.05, 3.63) is 18.2 Å². The second-order valence-corrected chi connectivity index (χ2v) is 4.36. The van der Waals surface area contributed by atoms with Crippen molar-refractivity contribution in [2.24, 2.45) is 5.73 Å². The van der Waals surface area contributed by atoms with Crippen molar-refractivity contribution < 1.29 is 14.3 Å². The van der Waals surface area contributed by atoms with Crippen LogP contribution in [0.3, 0.4) is 0 Å². The molecule has 0 aliphatic rings. The highest BCUT2D eigenvalue weighted by atomic mass is 16.5. The topological polar surface area (TPSA) is 99.2 Å². The number of aromatic nitrogens is 2. The van der Waals surface area contributed by atoms with Crippen molar-refractivity contribution in [1.82, 2.24) is 14.9 Å². The van der Waals surface area contributed by atoms with Gasteiger partial charge in [0.1, 0.15) is 11.2 Å². The van der Waals surface area contributed by atoms with Crippen LogP contribution in [0.25, 0.3) is 0 Å². The van der Waals surface area contributed by atoms with Gasteiger partial charge < -0.3 is 20.4 Å². The van der Waals surface area contributed by atoms with E-state index in [-0.39, 0.29) is 5.69 Å². The first-order valence-corrected chi connectivity index (χ1v) is 5.53. The van der Waals surface area contributed by atoms with Crippen LogP contribution in [0, 0.1) is 0 Å². The smallest absolute Gasteiger partial charge is 0.330 e. The Balaban J connectivity index is 2.72. The van der Waals surface area contributed by atoms with Crippen LogP contribution in [0.15, 0.2) is 12.5 Å². The number of methoxy groups -OCH3 is 1. The number of rotatable bonds is 5. The van der Waals surface area contributed by atoms with Crippen molar-refractivity contribution in [3.8, 4) is 0 Å². The van der Waals surface area contributed by atoms with Gasteiger partial charge in [-0.3, -0.25) is 4.79 Å². The van der Waals surface area contributed by atoms with Crippen molar-refractivity contribution >= 4 is 11.9 Å². The average Bonchev–Trinajstić information content (AvgIpc) is 2.76. The zero-order valence-corrected chi connectivity index (χ0v) is 10.8. The molecule has 0 saturated carbocycles. The third-order valence-corrected chi connectivity index (χ3v) is 2.37. The number of esters is 1. The number of nitrogens with one attached hydrogen (secondary N) is 1. The maximum Gasteiger partial charge on any atom is 0.330 e. The van der Waals surface area contributed by atoms with E-state index in [9.17, 15) is 9.59 Å². The number of imidazole rings is 1. The molecule has 1 rings (SSSR count). The summed E-state index contributed by atoms with van der Waals surface area (Å²) in [4.78, 5) is 27.2. The largest absolute Gasteiger partial charge is 0.467 e. The molecule has 0 spiro atoms. The number of amides is 1. The van der Waals surface area contributed by atoms with Crippen molar-refractivity contribution in [1.29, 1.82) is 0 Å². The molecular weight excluding hydrogens is 236 g/mol. The lowest BCUT2D eigenvalue weighted by molar-refractivity contribution is -0.146. The van der Waals surface area contributed by atoms with Gasteiger partial charge in [0.2, 0.25) is 0 Å². The molecule has 0 atom stereocenters. The number of carbonyl (C=O) groups is 2. The molecule has 1 heterocycles. The lowest BCUT2D eigenvalue weighted by Gasteiger charge is -2.22. The SMILES string of the molecule is COC(=O)C(C)(C)NC(=O)c1cn(CCN)cn1. The van der Waals surface area contributed by atoms with Gasteiger partial charge in [-0.2, -0.15) is 0 Å². The maximum atomic E-state index is 11.9. The Bertz CT molecular complexity index is 439. The Morgan fingerprint density at radius 3 is 2.78 bits per heavy atom. The number of hydrogen-bond acceptors (Lipinski definition) is 5. The summed E-state index contributed by atoms with van der Waals surface area (Å²) in [6, 6.07) is 0. The fourth-order valence-electron chi connectivity index (χ4n) is 1.40. The minimum Gasteiger partial charge on any atom is -0.467 e. The van der Waals surface area contributed by atoms with Gasteiger partial charge >= 0.3 is 5.97 Å². The second-order valence-electron chi connectivity index (χ2n) is 4.36. The first-order valence-electron chi connectivity index (χ1n) is 5.53. The summed E-state index contributed by atoms with van der Waals surface area (Å²) in [6.45, 7) is 4.17. The summed E-state index contributed by atoms with van der Waals surface area (Å²) in [6.07, 6.45) is 3.10. The Morgan fingerprint density at radius 2 is 2.22 bits per heavy atom. The van der Waals surface area contributed by atoms with E-state index in [0.717, 1.165) is 0 Å². The molecule has 7 nitrogen and oxygen atoms in total. The molecule has 0 radical (unpaired) electrons. The number of ether oxygens (including phenoxy) is 1. The van der Waals surface area contributed by atoms with E-state index in [1.165, 1.54) is 13.4 Å². The average molecular weight is 254 g/mol. The number of carbonyl (C=O) groups excluding carboxylic acids is 2. The Morgan fingerprint density at radius 1 is 1.56 bits per heavy atom. The monoisotopic (exact) mass is 254 g/mol. The van der Waals surface area contributed by atoms with E-state index in [1.807, 2.05) is 0 Å². The molecule has 7 heteroatoms. The molecule has 1 aromatic heterocycles. The molecule has 0 unspecified atom stereocenters. The van der Waals surface area contributed by atoms with Gasteiger partial charge in [-0.1, -0.05) is 0 Å². The molecule has 1 amide bonds. The molecule has 0 aliphatic heterocycles. The molecule has 18 heavy (non-hydrogen) atoms. The van der Waals surface area contributed by atoms with Crippen LogP contribution in [0.4, 0.5) is 0 Å². The van der Waals surface area contributed by atoms with Crippen LogP contribution in [0.1, 0.15) is 24.3 Å². The van der Waals surface area contributed by atoms with Crippen LogP contribution in [0.5, 0.6) is 0 Å². The van der Waals surface area contributed by atoms with Gasteiger partial charge in [-0.05, 0) is 13.8 Å². The van der Waals surface area contributed by atoms with Gasteiger partial charge in [0.25, 0.3) is 5.91 Å². The highest BCUT2D eigenvalue weighted by Gasteiger charge is 2.31. The number of nitrogens with zero attached hydrogens (tertiary/aromatic N) is 2. The third kappa shape index (κ3) is 3.30. The third-order valence-electron chi connectivity index (χ3n) is 2.37. The van der Waals surface area contributed by atoms with Crippen LogP contribution in [-0.4, -0.2) is 40.6 Å². The van der Waals surface area contributed by atoms with Crippen LogP contribution in [0.2, 0.25) is 0 Å². The van der Waals surface area contributed by atoms with Crippen molar-refractivity contribution in [2.45, 2.75) is 25.9 Å². The Kier molecular flexibility index (Phi) is 4.43. The summed E-state index contributed by atoms with van der Waals surface area (Å²) < 4.78 is 6.31. The molecule has 0 fully saturated rings. The normalized spacial score (nSPS) is 11.1. The van der Waals surface area contributed by atoms with Gasteiger partial charge in [0.15, 0.2) is 0 Å². The molecular formula is C11H18N4O3. The lowest BCUT2D eigenvalue weighted by Crippen LogP contribution is -2.50. The predicted molar refractivity (Wildman–Crippen MR) is 64.8 cm³/mol. The zero-order chi connectivity index (χ0) is 13.8. The van der Waals surface area contributed by atoms with Gasteiger partial charge in [0.05, 0.1) is 13.4 Å². The lowest BCUT2D eigenvalue weighted by atomic mass is 10.1. The van der Waals surface area contributed by atoms with E-state index in [2.05, 4.69) is 15.0 Å². The minimum atomic E-state index is -1.09. The molecule has 0 bridgehead atoms. The maximum absolute atomic E-state index is 11.9. The second kappa shape index (κ2) is 5.63. The first-order chi connectivity index (χ1) is 8.40. The highest BCUT2D eigenvalue weighted by molar-refractivity contribution is 5.96.